The summed E-state index contributed by atoms with van der Waals surface area (Å²) in [5.74, 6) is 0.675. The van der Waals surface area contributed by atoms with Gasteiger partial charge in [-0.05, 0) is 50.9 Å². The number of methoxy groups -OCH3 is 1. The van der Waals surface area contributed by atoms with E-state index in [1.807, 2.05) is 13.1 Å². The van der Waals surface area contributed by atoms with Crippen molar-refractivity contribution in [3.8, 4) is 17.0 Å². The zero-order valence-corrected chi connectivity index (χ0v) is 26.0. The lowest BCUT2D eigenvalue weighted by Crippen LogP contribution is -2.31. The molecule has 2 aromatic carbocycles. The Morgan fingerprint density at radius 2 is 1.96 bits per heavy atom. The fourth-order valence-electron chi connectivity index (χ4n) is 6.42. The van der Waals surface area contributed by atoms with Crippen molar-refractivity contribution in [1.82, 2.24) is 19.4 Å². The molecule has 1 aliphatic heterocycles. The molecule has 11 heteroatoms. The third-order valence-electron chi connectivity index (χ3n) is 8.48. The number of amides is 1. The molecule has 0 radical (unpaired) electrons. The van der Waals surface area contributed by atoms with Crippen molar-refractivity contribution < 1.29 is 23.2 Å². The number of aromatic nitrogens is 3. The molecule has 45 heavy (non-hydrogen) atoms. The average molecular weight is 613 g/mol. The van der Waals surface area contributed by atoms with Crippen LogP contribution in [0.5, 0.6) is 5.75 Å². The number of hydrogen-bond donors (Lipinski definition) is 2. The Morgan fingerprint density at radius 1 is 1.20 bits per heavy atom. The summed E-state index contributed by atoms with van der Waals surface area (Å²) < 4.78 is 36.8. The van der Waals surface area contributed by atoms with Crippen molar-refractivity contribution in [2.24, 2.45) is 18.8 Å². The molecule has 1 aliphatic carbocycles. The number of ether oxygens (including phenoxy) is 2. The smallest absolute Gasteiger partial charge is 0.342 e. The monoisotopic (exact) mass is 612 g/mol. The Kier molecular flexibility index (Phi) is 7.00. The number of carbonyl (C=O) groups is 2. The molecule has 1 saturated carbocycles. The summed E-state index contributed by atoms with van der Waals surface area (Å²) in [4.78, 5) is 39.5. The molecule has 0 spiro atoms. The van der Waals surface area contributed by atoms with Gasteiger partial charge in [-0.2, -0.15) is 0 Å². The van der Waals surface area contributed by atoms with Crippen LogP contribution in [0.4, 0.5) is 23.0 Å². The topological polar surface area (TPSA) is 114 Å². The largest absolute Gasteiger partial charge is 0.494 e. The number of rotatable bonds is 10. The molecule has 1 unspecified atom stereocenters. The highest BCUT2D eigenvalue weighted by Crippen LogP contribution is 2.51. The van der Waals surface area contributed by atoms with E-state index in [1.165, 1.54) is 23.0 Å². The summed E-state index contributed by atoms with van der Waals surface area (Å²) in [5, 5.41) is 6.71. The van der Waals surface area contributed by atoms with Crippen LogP contribution < -0.4 is 20.3 Å². The SMILES string of the molecule is [2H]C([2H])([2H])n1cc(-c2nc(Nc3cc(NC(=O)C=C)c(N(C)C4[C@H]5CN(C)C[C@@H]45)cc3OC)ncc2C(=O)OC(C)C)c2ccccc21. The average Bonchev–Trinajstić information content (AvgIpc) is 3.34. The molecular weight excluding hydrogens is 570 g/mol. The number of esters is 1. The Balaban J connectivity index is 1.43. The van der Waals surface area contributed by atoms with Crippen LogP contribution in [-0.4, -0.2) is 77.8 Å². The molecular formula is C34H39N7O4. The van der Waals surface area contributed by atoms with E-state index in [1.54, 1.807) is 51.3 Å². The molecule has 2 aliphatic rings. The molecule has 1 amide bonds. The van der Waals surface area contributed by atoms with Crippen LogP contribution in [0.25, 0.3) is 22.2 Å². The van der Waals surface area contributed by atoms with Gasteiger partial charge < -0.3 is 34.5 Å². The second kappa shape index (κ2) is 11.9. The zero-order chi connectivity index (χ0) is 34.5. The summed E-state index contributed by atoms with van der Waals surface area (Å²) in [6.45, 7) is 6.65. The summed E-state index contributed by atoms with van der Waals surface area (Å²) in [6.07, 6.45) is 3.62. The van der Waals surface area contributed by atoms with Gasteiger partial charge in [-0.1, -0.05) is 24.8 Å². The molecule has 6 rings (SSSR count). The number of benzene rings is 2. The van der Waals surface area contributed by atoms with Crippen LogP contribution in [-0.2, 0) is 16.5 Å². The maximum atomic E-state index is 13.3. The number of nitrogens with one attached hydrogen (secondary N) is 2. The standard InChI is InChI=1S/C34H39N7O4/c1-8-30(42)36-25-13-26(29(44-7)14-28(25)41(6)32-23-16-39(4)17-24(23)32)37-34-35-15-21(33(43)45-19(2)3)31(38-34)22-18-40(5)27-12-10-9-11-20(22)27/h8-15,18-19,23-24,32H,1,16-17H2,2-7H3,(H,36,42)(H,35,37,38)/t23-,24+,32?/i5D3. The van der Waals surface area contributed by atoms with E-state index < -0.39 is 19.0 Å². The summed E-state index contributed by atoms with van der Waals surface area (Å²) in [6, 6.07) is 11.0. The molecule has 2 fully saturated rings. The molecule has 2 aromatic heterocycles. The van der Waals surface area contributed by atoms with Crippen molar-refractivity contribution >= 4 is 45.8 Å². The van der Waals surface area contributed by atoms with Crippen molar-refractivity contribution in [2.75, 3.05) is 49.8 Å². The highest BCUT2D eigenvalue weighted by molar-refractivity contribution is 6.04. The highest BCUT2D eigenvalue weighted by atomic mass is 16.5. The van der Waals surface area contributed by atoms with Gasteiger partial charge in [-0.3, -0.25) is 4.79 Å². The van der Waals surface area contributed by atoms with E-state index in [0.717, 1.165) is 18.8 Å². The first-order valence-corrected chi connectivity index (χ1v) is 14.8. The molecule has 4 aromatic rings. The van der Waals surface area contributed by atoms with Gasteiger partial charge in [0.2, 0.25) is 11.9 Å². The minimum atomic E-state index is -2.48. The Morgan fingerprint density at radius 3 is 2.64 bits per heavy atom. The lowest BCUT2D eigenvalue weighted by Gasteiger charge is -2.27. The molecule has 11 nitrogen and oxygen atoms in total. The van der Waals surface area contributed by atoms with Crippen LogP contribution in [0.3, 0.4) is 0 Å². The molecule has 1 saturated heterocycles. The summed E-state index contributed by atoms with van der Waals surface area (Å²) in [5.41, 5.74) is 2.94. The number of piperidine rings is 1. The van der Waals surface area contributed by atoms with Crippen LogP contribution in [0.2, 0.25) is 0 Å². The van der Waals surface area contributed by atoms with E-state index >= 15 is 0 Å². The summed E-state index contributed by atoms with van der Waals surface area (Å²) in [7, 11) is 5.70. The number of hydrogen-bond acceptors (Lipinski definition) is 9. The predicted octanol–water partition coefficient (Wildman–Crippen LogP) is 5.07. The number of para-hydroxylation sites is 1. The lowest BCUT2D eigenvalue weighted by molar-refractivity contribution is -0.111. The maximum Gasteiger partial charge on any atom is 0.342 e. The minimum absolute atomic E-state index is 0.0752. The van der Waals surface area contributed by atoms with Gasteiger partial charge in [0.05, 0.1) is 36.0 Å². The Bertz CT molecular complexity index is 1900. The maximum absolute atomic E-state index is 13.3. The first kappa shape index (κ1) is 26.5. The quantitative estimate of drug-likeness (QED) is 0.187. The van der Waals surface area contributed by atoms with Crippen LogP contribution in [0.1, 0.15) is 28.3 Å². The number of aryl methyl sites for hydroxylation is 1. The van der Waals surface area contributed by atoms with Crippen LogP contribution >= 0.6 is 0 Å². The van der Waals surface area contributed by atoms with Gasteiger partial charge in [0.1, 0.15) is 11.3 Å². The number of nitrogens with zero attached hydrogens (tertiary/aromatic N) is 5. The lowest BCUT2D eigenvalue weighted by atomic mass is 10.1. The highest BCUT2D eigenvalue weighted by Gasteiger charge is 2.57. The predicted molar refractivity (Wildman–Crippen MR) is 176 cm³/mol. The number of likely N-dealkylation sites (tertiary alicyclic amines) is 1. The fourth-order valence-corrected chi connectivity index (χ4v) is 6.42. The van der Waals surface area contributed by atoms with Gasteiger partial charge in [0, 0.05) is 72.2 Å². The number of anilines is 4. The third-order valence-corrected chi connectivity index (χ3v) is 8.48. The van der Waals surface area contributed by atoms with Crippen LogP contribution in [0, 0.1) is 11.8 Å². The second-order valence-corrected chi connectivity index (χ2v) is 11.9. The van der Waals surface area contributed by atoms with E-state index in [9.17, 15) is 9.59 Å². The van der Waals surface area contributed by atoms with E-state index in [-0.39, 0.29) is 23.1 Å². The van der Waals surface area contributed by atoms with Crippen LogP contribution in [0.15, 0.2) is 61.4 Å². The Hall–Kier alpha value is -4.90. The molecule has 2 N–H and O–H groups in total. The van der Waals surface area contributed by atoms with Crippen molar-refractivity contribution in [3.05, 3.63) is 67.0 Å². The number of carbonyl (C=O) groups excluding carboxylic acids is 2. The first-order valence-electron chi connectivity index (χ1n) is 16.3. The van der Waals surface area contributed by atoms with Gasteiger partial charge in [0.25, 0.3) is 0 Å². The van der Waals surface area contributed by atoms with E-state index in [0.29, 0.717) is 51.5 Å². The van der Waals surface area contributed by atoms with Gasteiger partial charge in [0.15, 0.2) is 0 Å². The van der Waals surface area contributed by atoms with Crippen molar-refractivity contribution in [1.29, 1.82) is 0 Å². The fraction of sp³-hybridized carbons (Fsp3) is 0.353. The second-order valence-electron chi connectivity index (χ2n) is 11.9. The normalized spacial score (nSPS) is 20.1. The molecule has 234 valence electrons. The van der Waals surface area contributed by atoms with Gasteiger partial charge in [-0.25, -0.2) is 14.8 Å². The number of fused-ring (bicyclic) bond motifs is 2. The third kappa shape index (κ3) is 5.71. The van der Waals surface area contributed by atoms with Gasteiger partial charge >= 0.3 is 5.97 Å². The summed E-state index contributed by atoms with van der Waals surface area (Å²) >= 11 is 0. The molecule has 0 bridgehead atoms. The van der Waals surface area contributed by atoms with E-state index in [4.69, 9.17) is 18.6 Å². The Labute approximate surface area is 267 Å². The molecule has 3 heterocycles. The molecule has 3 atom stereocenters. The van der Waals surface area contributed by atoms with E-state index in [2.05, 4.69) is 39.0 Å². The minimum Gasteiger partial charge on any atom is -0.494 e. The van der Waals surface area contributed by atoms with Crippen molar-refractivity contribution in [2.45, 2.75) is 26.0 Å². The van der Waals surface area contributed by atoms with Crippen molar-refractivity contribution in [3.63, 3.8) is 0 Å². The van der Waals surface area contributed by atoms with Gasteiger partial charge in [-0.15, -0.1) is 0 Å². The zero-order valence-electron chi connectivity index (χ0n) is 29.0. The first-order chi connectivity index (χ1) is 22.8.